The van der Waals surface area contributed by atoms with Gasteiger partial charge in [0.15, 0.2) is 11.5 Å². The summed E-state index contributed by atoms with van der Waals surface area (Å²) in [5.74, 6) is 3.64. The van der Waals surface area contributed by atoms with E-state index < -0.39 is 0 Å². The van der Waals surface area contributed by atoms with E-state index in [1.807, 2.05) is 6.07 Å². The van der Waals surface area contributed by atoms with E-state index in [1.165, 1.54) is 39.0 Å². The first kappa shape index (κ1) is 33.7. The summed E-state index contributed by atoms with van der Waals surface area (Å²) >= 11 is 0. The largest absolute Gasteiger partial charge is 0.493 e. The number of benzene rings is 2. The quantitative estimate of drug-likeness (QED) is 0.202. The summed E-state index contributed by atoms with van der Waals surface area (Å²) in [6, 6.07) is 8.35. The molecule has 2 aromatic rings. The molecule has 5 nitrogen and oxygen atoms in total. The molecule has 0 aliphatic carbocycles. The van der Waals surface area contributed by atoms with Crippen molar-refractivity contribution in [3.63, 3.8) is 0 Å². The van der Waals surface area contributed by atoms with E-state index in [0.29, 0.717) is 6.73 Å². The molecule has 2 aliphatic heterocycles. The van der Waals surface area contributed by atoms with Crippen molar-refractivity contribution in [2.45, 2.75) is 111 Å². The Bertz CT molecular complexity index is 1370. The fourth-order valence-electron chi connectivity index (χ4n) is 6.30. The average molecular weight is 602 g/mol. The third-order valence-electron chi connectivity index (χ3n) is 9.13. The second-order valence-electron chi connectivity index (χ2n) is 13.3. The third kappa shape index (κ3) is 9.17. The molecule has 2 aromatic carbocycles. The molecule has 0 unspecified atom stereocenters. The first-order chi connectivity index (χ1) is 21.1. The normalized spacial score (nSPS) is 18.5. The molecule has 0 saturated carbocycles. The summed E-state index contributed by atoms with van der Waals surface area (Å²) in [6.07, 6.45) is 16.8. The summed E-state index contributed by atoms with van der Waals surface area (Å²) in [6.45, 7) is 15.7. The number of aryl methyl sites for hydroxylation is 1. The molecule has 240 valence electrons. The van der Waals surface area contributed by atoms with Crippen molar-refractivity contribution in [3.05, 3.63) is 81.5 Å². The van der Waals surface area contributed by atoms with E-state index in [2.05, 4.69) is 82.9 Å². The number of hydrogen-bond donors (Lipinski definition) is 0. The van der Waals surface area contributed by atoms with Gasteiger partial charge in [-0.2, -0.15) is 0 Å². The van der Waals surface area contributed by atoms with Crippen molar-refractivity contribution in [1.82, 2.24) is 4.90 Å². The Morgan fingerprint density at radius 3 is 2.32 bits per heavy atom. The Morgan fingerprint density at radius 2 is 1.61 bits per heavy atom. The van der Waals surface area contributed by atoms with E-state index >= 15 is 0 Å². The van der Waals surface area contributed by atoms with Gasteiger partial charge in [-0.05, 0) is 129 Å². The number of rotatable bonds is 14. The molecule has 0 amide bonds. The van der Waals surface area contributed by atoms with Gasteiger partial charge < -0.3 is 18.9 Å². The Balaban J connectivity index is 1.31. The topological polar surface area (TPSA) is 40.2 Å². The smallest absolute Gasteiger partial charge is 0.160 e. The molecule has 0 aromatic heterocycles. The highest BCUT2D eigenvalue weighted by atomic mass is 16.5. The minimum atomic E-state index is -0.146. The Hall–Kier alpha value is -3.18. The number of allylic oxidation sites excluding steroid dienone is 6. The van der Waals surface area contributed by atoms with Gasteiger partial charge in [0.05, 0.1) is 14.2 Å². The van der Waals surface area contributed by atoms with Crippen molar-refractivity contribution in [2.75, 3.05) is 27.5 Å². The first-order valence-electron chi connectivity index (χ1n) is 16.5. The van der Waals surface area contributed by atoms with Crippen LogP contribution in [0.2, 0.25) is 0 Å². The van der Waals surface area contributed by atoms with Crippen molar-refractivity contribution in [2.24, 2.45) is 0 Å². The third-order valence-corrected chi connectivity index (χ3v) is 9.13. The van der Waals surface area contributed by atoms with E-state index in [4.69, 9.17) is 18.9 Å². The van der Waals surface area contributed by atoms with Crippen molar-refractivity contribution in [3.8, 4) is 23.0 Å². The molecule has 0 saturated heterocycles. The Morgan fingerprint density at radius 1 is 0.909 bits per heavy atom. The molecule has 0 spiro atoms. The molecule has 0 radical (unpaired) electrons. The van der Waals surface area contributed by atoms with Crippen LogP contribution in [0.1, 0.15) is 102 Å². The summed E-state index contributed by atoms with van der Waals surface area (Å²) in [5.41, 5.74) is 9.29. The number of hydrogen-bond acceptors (Lipinski definition) is 5. The zero-order valence-electron chi connectivity index (χ0n) is 28.6. The van der Waals surface area contributed by atoms with Crippen molar-refractivity contribution in [1.29, 1.82) is 0 Å². The molecule has 0 N–H and O–H groups in total. The van der Waals surface area contributed by atoms with Gasteiger partial charge in [-0.25, -0.2) is 0 Å². The van der Waals surface area contributed by atoms with Gasteiger partial charge in [0.2, 0.25) is 0 Å². The second kappa shape index (κ2) is 15.7. The maximum absolute atomic E-state index is 6.83. The summed E-state index contributed by atoms with van der Waals surface area (Å²) in [5, 5.41) is 0. The Kier molecular flexibility index (Phi) is 12.0. The van der Waals surface area contributed by atoms with Crippen LogP contribution in [0.3, 0.4) is 0 Å². The molecule has 5 heteroatoms. The van der Waals surface area contributed by atoms with Gasteiger partial charge in [0.1, 0.15) is 23.8 Å². The molecule has 0 bridgehead atoms. The number of nitrogens with zero attached hydrogens (tertiary/aromatic N) is 1. The highest BCUT2D eigenvalue weighted by molar-refractivity contribution is 5.55. The molecule has 1 atom stereocenters. The van der Waals surface area contributed by atoms with E-state index in [1.54, 1.807) is 14.2 Å². The zero-order valence-corrected chi connectivity index (χ0v) is 28.6. The summed E-state index contributed by atoms with van der Waals surface area (Å²) in [4.78, 5) is 2.38. The number of ether oxygens (including phenoxy) is 4. The SMILES string of the molecule is COc1ccc(CCN2COc3cc(C)c4c(c3C2)CC[C@@](C)(CCC=C(C)CCC=C(C)CCC=C(C)C)O4)cc1OC. The molecule has 2 aliphatic rings. The minimum Gasteiger partial charge on any atom is -0.493 e. The monoisotopic (exact) mass is 601 g/mol. The predicted octanol–water partition coefficient (Wildman–Crippen LogP) is 9.69. The molecule has 2 heterocycles. The number of methoxy groups -OCH3 is 2. The molecular weight excluding hydrogens is 546 g/mol. The number of fused-ring (bicyclic) bond motifs is 3. The van der Waals surface area contributed by atoms with Crippen LogP contribution >= 0.6 is 0 Å². The van der Waals surface area contributed by atoms with Crippen LogP contribution in [0.5, 0.6) is 23.0 Å². The van der Waals surface area contributed by atoms with E-state index in [0.717, 1.165) is 93.9 Å². The zero-order chi connectivity index (χ0) is 31.7. The van der Waals surface area contributed by atoms with Crippen molar-refractivity contribution >= 4 is 0 Å². The molecule has 0 fully saturated rings. The second-order valence-corrected chi connectivity index (χ2v) is 13.3. The van der Waals surface area contributed by atoms with Crippen LogP contribution in [0, 0.1) is 6.92 Å². The fourth-order valence-corrected chi connectivity index (χ4v) is 6.30. The summed E-state index contributed by atoms with van der Waals surface area (Å²) < 4.78 is 24.0. The van der Waals surface area contributed by atoms with Crippen molar-refractivity contribution < 1.29 is 18.9 Å². The van der Waals surface area contributed by atoms with Crippen LogP contribution in [0.15, 0.2) is 59.2 Å². The van der Waals surface area contributed by atoms with Gasteiger partial charge in [0.25, 0.3) is 0 Å². The van der Waals surface area contributed by atoms with Crippen LogP contribution in [0.25, 0.3) is 0 Å². The molecule has 44 heavy (non-hydrogen) atoms. The van der Waals surface area contributed by atoms with Crippen LogP contribution < -0.4 is 18.9 Å². The van der Waals surface area contributed by atoms with E-state index in [9.17, 15) is 0 Å². The van der Waals surface area contributed by atoms with Gasteiger partial charge in [-0.15, -0.1) is 0 Å². The van der Waals surface area contributed by atoms with Gasteiger partial charge in [-0.1, -0.05) is 41.0 Å². The standard InChI is InChI=1S/C39H55NO4/c1-28(2)12-9-13-29(3)14-10-15-30(4)16-11-21-39(6)22-19-33-34-26-40(27-43-36(34)24-31(5)38(33)44-39)23-20-32-17-18-35(41-7)37(25-32)42-8/h12,14,16-18,24-25H,9-11,13,15,19-23,26-27H2,1-8H3/t39-/m1/s1. The van der Waals surface area contributed by atoms with Crippen LogP contribution in [-0.4, -0.2) is 38.0 Å². The Labute approximate surface area is 266 Å². The lowest BCUT2D eigenvalue weighted by atomic mass is 9.85. The highest BCUT2D eigenvalue weighted by Gasteiger charge is 2.35. The minimum absolute atomic E-state index is 0.146. The van der Waals surface area contributed by atoms with Gasteiger partial charge in [-0.3, -0.25) is 4.90 Å². The van der Waals surface area contributed by atoms with E-state index in [-0.39, 0.29) is 5.60 Å². The average Bonchev–Trinajstić information content (AvgIpc) is 3.00. The maximum Gasteiger partial charge on any atom is 0.160 e. The lowest BCUT2D eigenvalue weighted by molar-refractivity contribution is 0.0526. The lowest BCUT2D eigenvalue weighted by Crippen LogP contribution is -2.39. The maximum atomic E-state index is 6.83. The van der Waals surface area contributed by atoms with Crippen LogP contribution in [0.4, 0.5) is 0 Å². The lowest BCUT2D eigenvalue weighted by Gasteiger charge is -2.39. The predicted molar refractivity (Wildman–Crippen MR) is 182 cm³/mol. The van der Waals surface area contributed by atoms with Crippen LogP contribution in [-0.2, 0) is 19.4 Å². The summed E-state index contributed by atoms with van der Waals surface area (Å²) in [7, 11) is 3.35. The molecule has 4 rings (SSSR count). The van der Waals surface area contributed by atoms with Gasteiger partial charge in [0, 0.05) is 24.2 Å². The highest BCUT2D eigenvalue weighted by Crippen LogP contribution is 2.44. The molecular formula is C39H55NO4. The first-order valence-corrected chi connectivity index (χ1v) is 16.5. The van der Waals surface area contributed by atoms with Gasteiger partial charge >= 0.3 is 0 Å². The fraction of sp³-hybridized carbons (Fsp3) is 0.538.